The Kier molecular flexibility index (Phi) is 4.02. The Morgan fingerprint density at radius 1 is 1.40 bits per heavy atom. The molecule has 5 nitrogen and oxygen atoms in total. The molecule has 20 heavy (non-hydrogen) atoms. The van der Waals surface area contributed by atoms with Gasteiger partial charge in [0.2, 0.25) is 0 Å². The highest BCUT2D eigenvalue weighted by Gasteiger charge is 2.13. The maximum atomic E-state index is 13.8. The molecule has 0 saturated carbocycles. The van der Waals surface area contributed by atoms with E-state index < -0.39 is 11.8 Å². The van der Waals surface area contributed by atoms with Gasteiger partial charge in [0.1, 0.15) is 12.4 Å². The van der Waals surface area contributed by atoms with Crippen molar-refractivity contribution in [2.75, 3.05) is 7.11 Å². The summed E-state index contributed by atoms with van der Waals surface area (Å²) in [6, 6.07) is 3.91. The molecule has 0 unspecified atom stereocenters. The molecule has 0 aliphatic rings. The summed E-state index contributed by atoms with van der Waals surface area (Å²) in [6.07, 6.45) is 0. The van der Waals surface area contributed by atoms with Crippen LogP contribution in [0.25, 0.3) is 0 Å². The van der Waals surface area contributed by atoms with Crippen LogP contribution in [-0.4, -0.2) is 18.2 Å². The van der Waals surface area contributed by atoms with E-state index >= 15 is 0 Å². The van der Waals surface area contributed by atoms with Crippen LogP contribution in [0.15, 0.2) is 22.7 Å². The lowest BCUT2D eigenvalue weighted by molar-refractivity contribution is 0.0600. The molecule has 2 aromatic rings. The largest absolute Gasteiger partial charge is 0.486 e. The fourth-order valence-electron chi connectivity index (χ4n) is 1.72. The number of rotatable bonds is 4. The molecule has 6 heteroatoms. The van der Waals surface area contributed by atoms with E-state index in [1.54, 1.807) is 13.8 Å². The third kappa shape index (κ3) is 2.79. The minimum Gasteiger partial charge on any atom is -0.486 e. The Bertz CT molecular complexity index is 617. The van der Waals surface area contributed by atoms with Crippen molar-refractivity contribution in [3.05, 3.63) is 46.6 Å². The second-order valence-electron chi connectivity index (χ2n) is 4.23. The highest BCUT2D eigenvalue weighted by molar-refractivity contribution is 5.89. The van der Waals surface area contributed by atoms with Crippen LogP contribution in [0.5, 0.6) is 5.75 Å². The number of carbonyl (C=O) groups excluding carboxylic acids is 1. The van der Waals surface area contributed by atoms with Crippen molar-refractivity contribution >= 4 is 5.97 Å². The highest BCUT2D eigenvalue weighted by atomic mass is 19.1. The summed E-state index contributed by atoms with van der Waals surface area (Å²) < 4.78 is 28.7. The zero-order valence-electron chi connectivity index (χ0n) is 11.4. The molecule has 0 radical (unpaired) electrons. The van der Waals surface area contributed by atoms with E-state index in [0.29, 0.717) is 11.5 Å². The number of hydrogen-bond donors (Lipinski definition) is 0. The van der Waals surface area contributed by atoms with Crippen molar-refractivity contribution in [3.63, 3.8) is 0 Å². The summed E-state index contributed by atoms with van der Waals surface area (Å²) >= 11 is 0. The van der Waals surface area contributed by atoms with Crippen LogP contribution < -0.4 is 4.74 Å². The number of ether oxygens (including phenoxy) is 2. The third-order valence-corrected chi connectivity index (χ3v) is 2.91. The van der Waals surface area contributed by atoms with Gasteiger partial charge in [-0.15, -0.1) is 0 Å². The number of benzene rings is 1. The second-order valence-corrected chi connectivity index (χ2v) is 4.23. The van der Waals surface area contributed by atoms with Crippen molar-refractivity contribution in [2.45, 2.75) is 20.5 Å². The molecule has 1 heterocycles. The van der Waals surface area contributed by atoms with Crippen molar-refractivity contribution in [1.29, 1.82) is 0 Å². The lowest BCUT2D eigenvalue weighted by Crippen LogP contribution is -2.04. The summed E-state index contributed by atoms with van der Waals surface area (Å²) in [7, 11) is 1.24. The van der Waals surface area contributed by atoms with Gasteiger partial charge in [0.15, 0.2) is 11.6 Å². The fourth-order valence-corrected chi connectivity index (χ4v) is 1.72. The van der Waals surface area contributed by atoms with Crippen molar-refractivity contribution in [1.82, 2.24) is 5.16 Å². The van der Waals surface area contributed by atoms with Gasteiger partial charge in [-0.05, 0) is 32.0 Å². The van der Waals surface area contributed by atoms with E-state index in [0.717, 1.165) is 11.6 Å². The first-order chi connectivity index (χ1) is 9.52. The lowest BCUT2D eigenvalue weighted by Gasteiger charge is -2.08. The van der Waals surface area contributed by atoms with Gasteiger partial charge in [0.25, 0.3) is 0 Å². The number of methoxy groups -OCH3 is 1. The van der Waals surface area contributed by atoms with Crippen LogP contribution in [-0.2, 0) is 11.3 Å². The summed E-state index contributed by atoms with van der Waals surface area (Å²) in [4.78, 5) is 11.3. The standard InChI is InChI=1S/C14H14FNO4/c1-8-11(9(2)20-16-8)7-19-13-5-4-10(6-12(13)15)14(17)18-3/h4-6H,7H2,1-3H3. The Balaban J connectivity index is 2.13. The number of carbonyl (C=O) groups is 1. The molecule has 106 valence electrons. The van der Waals surface area contributed by atoms with E-state index in [-0.39, 0.29) is 17.9 Å². The minimum absolute atomic E-state index is 0.0534. The smallest absolute Gasteiger partial charge is 0.337 e. The lowest BCUT2D eigenvalue weighted by atomic mass is 10.2. The topological polar surface area (TPSA) is 61.6 Å². The predicted octanol–water partition coefficient (Wildman–Crippen LogP) is 2.80. The van der Waals surface area contributed by atoms with E-state index in [2.05, 4.69) is 9.89 Å². The normalized spacial score (nSPS) is 10.4. The second kappa shape index (κ2) is 5.73. The molecule has 0 saturated heterocycles. The van der Waals surface area contributed by atoms with E-state index in [1.807, 2.05) is 0 Å². The number of aromatic nitrogens is 1. The molecule has 2 rings (SSSR count). The zero-order valence-corrected chi connectivity index (χ0v) is 11.4. The molecule has 0 bridgehead atoms. The molecule has 1 aromatic carbocycles. The van der Waals surface area contributed by atoms with Gasteiger partial charge in [-0.25, -0.2) is 9.18 Å². The molecule has 0 spiro atoms. The van der Waals surface area contributed by atoms with Crippen molar-refractivity contribution in [2.24, 2.45) is 0 Å². The average molecular weight is 279 g/mol. The SMILES string of the molecule is COC(=O)c1ccc(OCc2c(C)noc2C)c(F)c1. The third-order valence-electron chi connectivity index (χ3n) is 2.91. The van der Waals surface area contributed by atoms with Gasteiger partial charge in [-0.1, -0.05) is 5.16 Å². The summed E-state index contributed by atoms with van der Waals surface area (Å²) in [5.41, 5.74) is 1.62. The van der Waals surface area contributed by atoms with Crippen molar-refractivity contribution in [3.8, 4) is 5.75 Å². The maximum Gasteiger partial charge on any atom is 0.337 e. The van der Waals surface area contributed by atoms with Gasteiger partial charge in [0.05, 0.1) is 23.9 Å². The highest BCUT2D eigenvalue weighted by Crippen LogP contribution is 2.21. The first-order valence-corrected chi connectivity index (χ1v) is 5.95. The number of esters is 1. The number of nitrogens with zero attached hydrogens (tertiary/aromatic N) is 1. The molecule has 0 atom stereocenters. The van der Waals surface area contributed by atoms with Gasteiger partial charge >= 0.3 is 5.97 Å². The number of aryl methyl sites for hydroxylation is 2. The van der Waals surface area contributed by atoms with Gasteiger partial charge in [0, 0.05) is 0 Å². The minimum atomic E-state index is -0.625. The molecule has 1 aromatic heterocycles. The van der Waals surface area contributed by atoms with Gasteiger partial charge < -0.3 is 14.0 Å². The van der Waals surface area contributed by atoms with Crippen LogP contribution >= 0.6 is 0 Å². The molecule has 0 fully saturated rings. The van der Waals surface area contributed by atoms with Crippen LogP contribution in [0.4, 0.5) is 4.39 Å². The first-order valence-electron chi connectivity index (χ1n) is 5.95. The van der Waals surface area contributed by atoms with Crippen LogP contribution in [0, 0.1) is 19.7 Å². The van der Waals surface area contributed by atoms with Crippen LogP contribution in [0.3, 0.4) is 0 Å². The Morgan fingerprint density at radius 3 is 2.70 bits per heavy atom. The zero-order chi connectivity index (χ0) is 14.7. The molecule has 0 amide bonds. The van der Waals surface area contributed by atoms with Gasteiger partial charge in [-0.3, -0.25) is 0 Å². The molecular weight excluding hydrogens is 265 g/mol. The maximum absolute atomic E-state index is 13.8. The van der Waals surface area contributed by atoms with Crippen LogP contribution in [0.2, 0.25) is 0 Å². The summed E-state index contributed by atoms with van der Waals surface area (Å²) in [5, 5.41) is 3.79. The molecular formula is C14H14FNO4. The fraction of sp³-hybridized carbons (Fsp3) is 0.286. The molecule has 0 aliphatic heterocycles. The average Bonchev–Trinajstić information content (AvgIpc) is 2.76. The Hall–Kier alpha value is -2.37. The van der Waals surface area contributed by atoms with E-state index in [9.17, 15) is 9.18 Å². The molecule has 0 N–H and O–H groups in total. The van der Waals surface area contributed by atoms with Crippen LogP contribution in [0.1, 0.15) is 27.4 Å². The van der Waals surface area contributed by atoms with E-state index in [1.165, 1.54) is 19.2 Å². The Labute approximate surface area is 115 Å². The summed E-state index contributed by atoms with van der Waals surface area (Å²) in [6.45, 7) is 3.69. The number of halogens is 1. The quantitative estimate of drug-likeness (QED) is 0.805. The van der Waals surface area contributed by atoms with E-state index in [4.69, 9.17) is 9.26 Å². The molecule has 0 aliphatic carbocycles. The monoisotopic (exact) mass is 279 g/mol. The predicted molar refractivity (Wildman–Crippen MR) is 68.0 cm³/mol. The van der Waals surface area contributed by atoms with Crippen molar-refractivity contribution < 1.29 is 23.2 Å². The van der Waals surface area contributed by atoms with Gasteiger partial charge in [-0.2, -0.15) is 0 Å². The Morgan fingerprint density at radius 2 is 2.15 bits per heavy atom. The number of hydrogen-bond acceptors (Lipinski definition) is 5. The first kappa shape index (κ1) is 14.0. The summed E-state index contributed by atoms with van der Waals surface area (Å²) in [5.74, 6) is -0.535.